The minimum Gasteiger partial charge on any atom is -0.369 e. The SMILES string of the molecule is CC(C)NCC(C(=O)N1CCN(c2c(-c3cccc(CC(N)=O)c3)cnc3[nH]ccc23)CC1)c1ccc(Cl)cc1.Cl.Cl. The summed E-state index contributed by atoms with van der Waals surface area (Å²) < 4.78 is 0. The Morgan fingerprint density at radius 2 is 1.76 bits per heavy atom. The van der Waals surface area contributed by atoms with E-state index >= 15 is 0 Å². The largest absolute Gasteiger partial charge is 0.369 e. The fourth-order valence-corrected chi connectivity index (χ4v) is 5.49. The van der Waals surface area contributed by atoms with Gasteiger partial charge in [0.05, 0.1) is 18.0 Å². The van der Waals surface area contributed by atoms with Crippen LogP contribution in [0.1, 0.15) is 30.9 Å². The number of carbonyl (C=O) groups is 2. The second-order valence-electron chi connectivity index (χ2n) is 10.6. The van der Waals surface area contributed by atoms with Gasteiger partial charge in [0.1, 0.15) is 5.65 Å². The van der Waals surface area contributed by atoms with Crippen molar-refractivity contribution < 1.29 is 9.59 Å². The van der Waals surface area contributed by atoms with E-state index in [1.165, 1.54) is 0 Å². The lowest BCUT2D eigenvalue weighted by Gasteiger charge is -2.38. The Balaban J connectivity index is 0.00000242. The third-order valence-electron chi connectivity index (χ3n) is 7.38. The summed E-state index contributed by atoms with van der Waals surface area (Å²) in [7, 11) is 0. The predicted octanol–water partition coefficient (Wildman–Crippen LogP) is 5.19. The molecule has 0 aliphatic carbocycles. The molecule has 1 fully saturated rings. The van der Waals surface area contributed by atoms with Gasteiger partial charge in [-0.1, -0.05) is 61.8 Å². The number of H-pyrrole nitrogens is 1. The zero-order chi connectivity index (χ0) is 28.2. The van der Waals surface area contributed by atoms with Crippen molar-refractivity contribution in [3.8, 4) is 11.1 Å². The van der Waals surface area contributed by atoms with Crippen LogP contribution >= 0.6 is 36.4 Å². The Morgan fingerprint density at radius 3 is 2.43 bits per heavy atom. The molecule has 42 heavy (non-hydrogen) atoms. The summed E-state index contributed by atoms with van der Waals surface area (Å²) in [6, 6.07) is 17.8. The number of nitrogens with one attached hydrogen (secondary N) is 2. The molecule has 8 nitrogen and oxygen atoms in total. The molecule has 4 aromatic rings. The zero-order valence-corrected chi connectivity index (χ0v) is 26.1. The average molecular weight is 632 g/mol. The van der Waals surface area contributed by atoms with Gasteiger partial charge in [-0.2, -0.15) is 0 Å². The Hall–Kier alpha value is -3.30. The molecule has 0 saturated carbocycles. The number of pyridine rings is 1. The number of anilines is 1. The van der Waals surface area contributed by atoms with Crippen LogP contribution in [0.2, 0.25) is 5.02 Å². The number of hydrogen-bond acceptors (Lipinski definition) is 5. The maximum atomic E-state index is 13.8. The van der Waals surface area contributed by atoms with Crippen LogP contribution in [-0.4, -0.2) is 65.4 Å². The van der Waals surface area contributed by atoms with Crippen LogP contribution in [0.5, 0.6) is 0 Å². The number of hydrogen-bond donors (Lipinski definition) is 3. The van der Waals surface area contributed by atoms with Crippen molar-refractivity contribution in [1.82, 2.24) is 20.2 Å². The lowest BCUT2D eigenvalue weighted by Crippen LogP contribution is -2.51. The number of aromatic nitrogens is 2. The molecule has 1 atom stereocenters. The number of piperazine rings is 1. The van der Waals surface area contributed by atoms with Crippen LogP contribution < -0.4 is 16.0 Å². The first-order valence-corrected chi connectivity index (χ1v) is 14.0. The van der Waals surface area contributed by atoms with Crippen molar-refractivity contribution in [3.63, 3.8) is 0 Å². The van der Waals surface area contributed by atoms with Gasteiger partial charge >= 0.3 is 0 Å². The summed E-state index contributed by atoms with van der Waals surface area (Å²) in [6.45, 7) is 7.34. The smallest absolute Gasteiger partial charge is 0.231 e. The van der Waals surface area contributed by atoms with Crippen LogP contribution in [0, 0.1) is 0 Å². The fourth-order valence-electron chi connectivity index (χ4n) is 5.36. The summed E-state index contributed by atoms with van der Waals surface area (Å²) in [5, 5.41) is 5.13. The Morgan fingerprint density at radius 1 is 1.05 bits per heavy atom. The topological polar surface area (TPSA) is 107 Å². The molecule has 0 bridgehead atoms. The number of rotatable bonds is 9. The van der Waals surface area contributed by atoms with Crippen LogP contribution in [0.25, 0.3) is 22.2 Å². The highest BCUT2D eigenvalue weighted by Gasteiger charge is 2.30. The molecule has 2 amide bonds. The number of halogens is 3. The lowest BCUT2D eigenvalue weighted by molar-refractivity contribution is -0.133. The van der Waals surface area contributed by atoms with E-state index in [-0.39, 0.29) is 55.0 Å². The number of amides is 2. The molecule has 5 rings (SSSR count). The molecule has 4 N–H and O–H groups in total. The van der Waals surface area contributed by atoms with Crippen molar-refractivity contribution in [1.29, 1.82) is 0 Å². The van der Waals surface area contributed by atoms with Crippen LogP contribution in [0.3, 0.4) is 0 Å². The minimum atomic E-state index is -0.363. The van der Waals surface area contributed by atoms with Crippen molar-refractivity contribution >= 4 is 65.0 Å². The molecule has 1 aliphatic heterocycles. The number of benzene rings is 2. The number of carbonyl (C=O) groups excluding carboxylic acids is 2. The molecule has 1 saturated heterocycles. The summed E-state index contributed by atoms with van der Waals surface area (Å²) in [5.41, 5.74) is 11.1. The quantitative estimate of drug-likeness (QED) is 0.236. The zero-order valence-electron chi connectivity index (χ0n) is 23.7. The van der Waals surface area contributed by atoms with Gasteiger partial charge in [0.25, 0.3) is 0 Å². The Kier molecular flexibility index (Phi) is 11.7. The summed E-state index contributed by atoms with van der Waals surface area (Å²) in [6.07, 6.45) is 3.96. The maximum Gasteiger partial charge on any atom is 0.231 e. The third-order valence-corrected chi connectivity index (χ3v) is 7.63. The standard InChI is InChI=1S/C31H35ClN6O2.2ClH/c1-20(2)35-19-27(22-6-8-24(32)9-7-22)31(40)38-14-12-37(13-15-38)29-25-10-11-34-30(25)36-18-26(29)23-5-3-4-21(16-23)17-28(33)39;;/h3-11,16,18,20,27,35H,12-15,17,19H2,1-2H3,(H2,33,39)(H,34,36);2*1H. The molecule has 11 heteroatoms. The van der Waals surface area contributed by atoms with Crippen molar-refractivity contribution in [2.45, 2.75) is 32.2 Å². The normalized spacial score (nSPS) is 13.9. The van der Waals surface area contributed by atoms with Gasteiger partial charge in [-0.05, 0) is 34.9 Å². The number of nitrogens with two attached hydrogens (primary N) is 1. The minimum absolute atomic E-state index is 0. The van der Waals surface area contributed by atoms with Crippen molar-refractivity contribution in [2.75, 3.05) is 37.6 Å². The highest BCUT2D eigenvalue weighted by molar-refractivity contribution is 6.30. The van der Waals surface area contributed by atoms with Crippen molar-refractivity contribution in [3.05, 3.63) is 83.1 Å². The van der Waals surface area contributed by atoms with E-state index in [0.717, 1.165) is 39.0 Å². The second-order valence-corrected chi connectivity index (χ2v) is 11.0. The predicted molar refractivity (Wildman–Crippen MR) is 175 cm³/mol. The number of fused-ring (bicyclic) bond motifs is 1. The molecule has 3 heterocycles. The number of nitrogens with zero attached hydrogens (tertiary/aromatic N) is 3. The first-order valence-electron chi connectivity index (χ1n) is 13.7. The van der Waals surface area contributed by atoms with Crippen LogP contribution in [0.4, 0.5) is 5.69 Å². The van der Waals surface area contributed by atoms with E-state index in [1.54, 1.807) is 0 Å². The first-order chi connectivity index (χ1) is 19.3. The molecule has 1 aliphatic rings. The highest BCUT2D eigenvalue weighted by atomic mass is 35.5. The van der Waals surface area contributed by atoms with Gasteiger partial charge in [-0.15, -0.1) is 24.8 Å². The Bertz CT molecular complexity index is 1500. The van der Waals surface area contributed by atoms with E-state index in [1.807, 2.05) is 71.9 Å². The van der Waals surface area contributed by atoms with Gasteiger partial charge in [0.2, 0.25) is 11.8 Å². The lowest BCUT2D eigenvalue weighted by atomic mass is 9.96. The van der Waals surface area contributed by atoms with E-state index in [0.29, 0.717) is 37.7 Å². The van der Waals surface area contributed by atoms with Gasteiger partial charge in [0, 0.05) is 67.1 Å². The Labute approximate surface area is 263 Å². The number of aromatic amines is 1. The van der Waals surface area contributed by atoms with E-state index in [2.05, 4.69) is 34.0 Å². The van der Waals surface area contributed by atoms with Crippen molar-refractivity contribution in [2.24, 2.45) is 5.73 Å². The van der Waals surface area contributed by atoms with Gasteiger partial charge in [-0.25, -0.2) is 4.98 Å². The third kappa shape index (κ3) is 7.55. The first kappa shape index (κ1) is 33.2. The summed E-state index contributed by atoms with van der Waals surface area (Å²) >= 11 is 6.12. The molecule has 2 aromatic carbocycles. The maximum absolute atomic E-state index is 13.8. The van der Waals surface area contributed by atoms with Crippen LogP contribution in [-0.2, 0) is 16.0 Å². The van der Waals surface area contributed by atoms with Gasteiger partial charge in [0.15, 0.2) is 0 Å². The van der Waals surface area contributed by atoms with E-state index < -0.39 is 0 Å². The van der Waals surface area contributed by atoms with Gasteiger partial charge in [-0.3, -0.25) is 9.59 Å². The molecule has 0 spiro atoms. The monoisotopic (exact) mass is 630 g/mol. The molecule has 0 radical (unpaired) electrons. The molecule has 224 valence electrons. The molecule has 2 aromatic heterocycles. The fraction of sp³-hybridized carbons (Fsp3) is 0.323. The van der Waals surface area contributed by atoms with E-state index in [9.17, 15) is 9.59 Å². The summed E-state index contributed by atoms with van der Waals surface area (Å²) in [4.78, 5) is 37.5. The molecular formula is C31H37Cl3N6O2. The average Bonchev–Trinajstić information content (AvgIpc) is 3.42. The highest BCUT2D eigenvalue weighted by Crippen LogP contribution is 2.37. The summed E-state index contributed by atoms with van der Waals surface area (Å²) in [5.74, 6) is -0.527. The van der Waals surface area contributed by atoms with Crippen LogP contribution in [0.15, 0.2) is 67.0 Å². The van der Waals surface area contributed by atoms with Gasteiger partial charge < -0.3 is 25.8 Å². The second kappa shape index (κ2) is 14.7. The van der Waals surface area contributed by atoms with E-state index in [4.69, 9.17) is 17.3 Å². The number of primary amides is 1. The molecule has 1 unspecified atom stereocenters. The molecular weight excluding hydrogens is 595 g/mol.